The van der Waals surface area contributed by atoms with Crippen LogP contribution in [0.5, 0.6) is 0 Å². The highest BCUT2D eigenvalue weighted by Crippen LogP contribution is 2.37. The van der Waals surface area contributed by atoms with Gasteiger partial charge in [-0.3, -0.25) is 0 Å². The van der Waals surface area contributed by atoms with Gasteiger partial charge in [-0.1, -0.05) is 18.2 Å². The maximum atomic E-state index is 11.1. The first kappa shape index (κ1) is 15.7. The van der Waals surface area contributed by atoms with E-state index in [1.165, 1.54) is 0 Å². The van der Waals surface area contributed by atoms with Crippen molar-refractivity contribution in [3.05, 3.63) is 23.7 Å². The molecule has 0 saturated heterocycles. The van der Waals surface area contributed by atoms with E-state index in [0.29, 0.717) is 0 Å². The summed E-state index contributed by atoms with van der Waals surface area (Å²) in [5.41, 5.74) is 5.53. The van der Waals surface area contributed by atoms with Crippen LogP contribution < -0.4 is 10.5 Å². The van der Waals surface area contributed by atoms with Gasteiger partial charge in [0.15, 0.2) is 0 Å². The first-order chi connectivity index (χ1) is 9.05. The van der Waals surface area contributed by atoms with Crippen LogP contribution in [-0.4, -0.2) is 38.6 Å². The number of nitrogens with two attached hydrogens (primary N) is 1. The molecule has 2 aliphatic rings. The summed E-state index contributed by atoms with van der Waals surface area (Å²) in [4.78, 5) is 0. The third-order valence-corrected chi connectivity index (χ3v) is 3.81. The van der Waals surface area contributed by atoms with E-state index in [1.807, 2.05) is 18.2 Å². The highest BCUT2D eigenvalue weighted by atomic mass is 32.2. The Bertz CT molecular complexity index is 532. The molecule has 0 bridgehead atoms. The van der Waals surface area contributed by atoms with E-state index < -0.39 is 22.9 Å². The molecule has 0 aromatic carbocycles. The summed E-state index contributed by atoms with van der Waals surface area (Å²) >= 11 is 0. The van der Waals surface area contributed by atoms with Crippen LogP contribution in [0.25, 0.3) is 0 Å². The van der Waals surface area contributed by atoms with Gasteiger partial charge in [-0.25, -0.2) is 13.1 Å². The largest absolute Gasteiger partial charge is 0.488 e. The van der Waals surface area contributed by atoms with E-state index in [1.54, 1.807) is 13.8 Å². The van der Waals surface area contributed by atoms with Crippen LogP contribution in [0.3, 0.4) is 0 Å². The average molecular weight is 300 g/mol. The number of nitrogens with one attached hydrogen (secondary N) is 1. The molecule has 2 rings (SSSR count). The van der Waals surface area contributed by atoms with Crippen molar-refractivity contribution in [2.75, 3.05) is 6.26 Å². The summed E-state index contributed by atoms with van der Waals surface area (Å²) in [6.45, 7) is 3.33. The van der Waals surface area contributed by atoms with Crippen LogP contribution in [0.15, 0.2) is 23.7 Å². The zero-order chi connectivity index (χ0) is 15.1. The minimum absolute atomic E-state index is 0.0863. The Kier molecular flexibility index (Phi) is 4.14. The predicted molar refractivity (Wildman–Crippen MR) is 77.9 cm³/mol. The Morgan fingerprint density at radius 1 is 1.55 bits per heavy atom. The molecule has 0 radical (unpaired) electrons. The smallest absolute Gasteiger partial charge is 0.423 e. The van der Waals surface area contributed by atoms with Crippen molar-refractivity contribution in [2.45, 2.75) is 32.0 Å². The highest BCUT2D eigenvalue weighted by Gasteiger charge is 2.41. The third kappa shape index (κ3) is 5.03. The number of hydrogen-bond donors (Lipinski definition) is 3. The van der Waals surface area contributed by atoms with E-state index >= 15 is 0 Å². The highest BCUT2D eigenvalue weighted by molar-refractivity contribution is 7.88. The van der Waals surface area contributed by atoms with Crippen LogP contribution in [0, 0.1) is 11.8 Å². The maximum absolute atomic E-state index is 11.1. The van der Waals surface area contributed by atoms with E-state index in [0.717, 1.165) is 18.1 Å². The molecular formula is C12H21BN2O4S. The van der Waals surface area contributed by atoms with Gasteiger partial charge in [0, 0.05) is 12.0 Å². The van der Waals surface area contributed by atoms with Gasteiger partial charge < -0.3 is 15.4 Å². The molecule has 0 heterocycles. The second-order valence-electron chi connectivity index (χ2n) is 6.05. The fourth-order valence-electron chi connectivity index (χ4n) is 2.05. The van der Waals surface area contributed by atoms with Crippen LogP contribution in [0.2, 0.25) is 0 Å². The lowest BCUT2D eigenvalue weighted by molar-refractivity contribution is 0.0921. The molecule has 20 heavy (non-hydrogen) atoms. The Morgan fingerprint density at radius 2 is 2.15 bits per heavy atom. The lowest BCUT2D eigenvalue weighted by atomic mass is 9.73. The fourth-order valence-corrected chi connectivity index (χ4v) is 2.87. The average Bonchev–Trinajstić information content (AvgIpc) is 3.04. The molecule has 0 spiro atoms. The minimum atomic E-state index is -3.19. The monoisotopic (exact) mass is 300 g/mol. The second kappa shape index (κ2) is 5.27. The molecule has 1 fully saturated rings. The molecular weight excluding hydrogens is 279 g/mol. The molecule has 2 aliphatic carbocycles. The van der Waals surface area contributed by atoms with Gasteiger partial charge in [0.25, 0.3) is 0 Å². The lowest BCUT2D eigenvalue weighted by Crippen LogP contribution is -2.42. The van der Waals surface area contributed by atoms with Gasteiger partial charge in [-0.2, -0.15) is 0 Å². The van der Waals surface area contributed by atoms with Crippen molar-refractivity contribution in [1.82, 2.24) is 4.72 Å². The number of sulfonamides is 1. The molecule has 0 amide bonds. The molecule has 0 aromatic rings. The number of hydrogen-bond acceptors (Lipinski definition) is 5. The van der Waals surface area contributed by atoms with Crippen molar-refractivity contribution in [2.24, 2.45) is 17.6 Å². The predicted octanol–water partition coefficient (Wildman–Crippen LogP) is -0.232. The quantitative estimate of drug-likeness (QED) is 0.342. The fraction of sp³-hybridized carbons (Fsp3) is 0.667. The molecule has 6 nitrogen and oxygen atoms in total. The topological polar surface area (TPSA) is 102 Å². The minimum Gasteiger partial charge on any atom is -0.423 e. The zero-order valence-corrected chi connectivity index (χ0v) is 12.7. The summed E-state index contributed by atoms with van der Waals surface area (Å²) in [7, 11) is -4.27. The Labute approximate surface area is 120 Å². The van der Waals surface area contributed by atoms with Crippen LogP contribution in [0.4, 0.5) is 0 Å². The van der Waals surface area contributed by atoms with Crippen molar-refractivity contribution in [3.63, 3.8) is 0 Å². The van der Waals surface area contributed by atoms with Crippen LogP contribution >= 0.6 is 0 Å². The number of allylic oxidation sites excluding steroid dienone is 3. The van der Waals surface area contributed by atoms with E-state index in [4.69, 9.17) is 10.4 Å². The van der Waals surface area contributed by atoms with Crippen LogP contribution in [-0.2, 0) is 14.7 Å². The lowest BCUT2D eigenvalue weighted by Gasteiger charge is -2.23. The van der Waals surface area contributed by atoms with Gasteiger partial charge >= 0.3 is 7.12 Å². The zero-order valence-electron chi connectivity index (χ0n) is 11.9. The molecule has 1 unspecified atom stereocenters. The van der Waals surface area contributed by atoms with E-state index in [9.17, 15) is 13.4 Å². The maximum Gasteiger partial charge on any atom is 0.488 e. The van der Waals surface area contributed by atoms with Crippen molar-refractivity contribution < 1.29 is 18.1 Å². The molecule has 0 aromatic heterocycles. The summed E-state index contributed by atoms with van der Waals surface area (Å²) in [5.74, 6) is 0.188. The van der Waals surface area contributed by atoms with Crippen molar-refractivity contribution >= 4 is 17.1 Å². The summed E-state index contributed by atoms with van der Waals surface area (Å²) < 4.78 is 30.2. The Balaban J connectivity index is 1.98. The molecule has 1 saturated carbocycles. The first-order valence-electron chi connectivity index (χ1n) is 6.57. The molecule has 112 valence electrons. The molecule has 2 atom stereocenters. The van der Waals surface area contributed by atoms with Gasteiger partial charge in [-0.05, 0) is 31.7 Å². The Hall–Kier alpha value is -0.665. The van der Waals surface area contributed by atoms with Gasteiger partial charge in [-0.15, -0.1) is 0 Å². The SMILES string of the molecule is CC(C)(N)OB(O)/C(=C/[C@H]1CC1NS(C)(=O)=O)C1C=C1. The number of rotatable bonds is 7. The van der Waals surface area contributed by atoms with Crippen molar-refractivity contribution in [3.8, 4) is 0 Å². The van der Waals surface area contributed by atoms with Crippen molar-refractivity contribution in [1.29, 1.82) is 0 Å². The second-order valence-corrected chi connectivity index (χ2v) is 7.83. The van der Waals surface area contributed by atoms with E-state index in [-0.39, 0.29) is 17.9 Å². The summed E-state index contributed by atoms with van der Waals surface area (Å²) in [6.07, 6.45) is 7.67. The summed E-state index contributed by atoms with van der Waals surface area (Å²) in [6, 6.07) is -0.0863. The molecule has 4 N–H and O–H groups in total. The van der Waals surface area contributed by atoms with Gasteiger partial charge in [0.05, 0.1) is 12.0 Å². The normalized spacial score (nSPS) is 26.8. The summed E-state index contributed by atoms with van der Waals surface area (Å²) in [5, 5.41) is 10.1. The van der Waals surface area contributed by atoms with Gasteiger partial charge in [0.2, 0.25) is 10.0 Å². The first-order valence-corrected chi connectivity index (χ1v) is 8.46. The third-order valence-electron chi connectivity index (χ3n) is 3.08. The van der Waals surface area contributed by atoms with E-state index in [2.05, 4.69) is 4.72 Å². The van der Waals surface area contributed by atoms with Crippen LogP contribution in [0.1, 0.15) is 20.3 Å². The molecule has 0 aliphatic heterocycles. The molecule has 8 heteroatoms. The van der Waals surface area contributed by atoms with Gasteiger partial charge in [0.1, 0.15) is 0 Å². The Morgan fingerprint density at radius 3 is 2.60 bits per heavy atom. The standard InChI is InChI=1S/C12H21BN2O4S/c1-12(2,14)19-13(16)10(8-4-5-8)6-9-7-11(9)15-20(3,17)18/h4-6,8-9,11,15-16H,7,14H2,1-3H3/b10-6+/t9-,11?/m0/s1.